The molecular formula is C27H33N7O2. The Bertz CT molecular complexity index is 1330. The second-order valence-corrected chi connectivity index (χ2v) is 9.38. The topological polar surface area (TPSA) is 92.2 Å². The van der Waals surface area contributed by atoms with Crippen molar-refractivity contribution in [2.45, 2.75) is 33.0 Å². The summed E-state index contributed by atoms with van der Waals surface area (Å²) in [6.07, 6.45) is 0.857. The van der Waals surface area contributed by atoms with E-state index in [4.69, 9.17) is 4.74 Å². The van der Waals surface area contributed by atoms with E-state index >= 15 is 0 Å². The molecule has 2 aromatic carbocycles. The number of aromatic amines is 1. The number of rotatable bonds is 10. The fourth-order valence-electron chi connectivity index (χ4n) is 4.70. The van der Waals surface area contributed by atoms with Crippen LogP contribution in [0.1, 0.15) is 22.5 Å². The Hall–Kier alpha value is -3.40. The van der Waals surface area contributed by atoms with Gasteiger partial charge in [-0.2, -0.15) is 0 Å². The Morgan fingerprint density at radius 3 is 2.69 bits per heavy atom. The standard InChI is InChI=1S/C27H33N7O2/c1-21-6-5-9-23-18-24(27(35)28-26(21)23)19-33(13-12-32-14-16-36-17-15-32)20-25-29-30-31-34(25)11-10-22-7-3-2-4-8-22/h2-9,18H,10-17,19-20H2,1H3,(H,28,35). The summed E-state index contributed by atoms with van der Waals surface area (Å²) in [5, 5.41) is 13.6. The predicted molar refractivity (Wildman–Crippen MR) is 139 cm³/mol. The molecule has 0 amide bonds. The Balaban J connectivity index is 1.34. The Labute approximate surface area is 210 Å². The highest BCUT2D eigenvalue weighted by molar-refractivity contribution is 5.81. The van der Waals surface area contributed by atoms with E-state index in [9.17, 15) is 4.79 Å². The minimum absolute atomic E-state index is 0.0446. The third kappa shape index (κ3) is 6.04. The molecule has 1 aliphatic rings. The number of hydrogen-bond acceptors (Lipinski definition) is 7. The van der Waals surface area contributed by atoms with Crippen molar-refractivity contribution in [1.82, 2.24) is 35.0 Å². The number of tetrazole rings is 1. The summed E-state index contributed by atoms with van der Waals surface area (Å²) in [5.74, 6) is 0.806. The quantitative estimate of drug-likeness (QED) is 0.367. The van der Waals surface area contributed by atoms with Crippen molar-refractivity contribution in [1.29, 1.82) is 0 Å². The molecule has 5 rings (SSSR count). The van der Waals surface area contributed by atoms with Crippen LogP contribution in [0.4, 0.5) is 0 Å². The van der Waals surface area contributed by atoms with Gasteiger partial charge in [0.25, 0.3) is 5.56 Å². The number of ether oxygens (including phenoxy) is 1. The van der Waals surface area contributed by atoms with Gasteiger partial charge in [-0.05, 0) is 46.4 Å². The number of nitrogens with zero attached hydrogens (tertiary/aromatic N) is 6. The summed E-state index contributed by atoms with van der Waals surface area (Å²) in [5.41, 5.74) is 3.92. The zero-order valence-corrected chi connectivity index (χ0v) is 20.8. The Morgan fingerprint density at radius 1 is 1.03 bits per heavy atom. The number of pyridine rings is 1. The minimum atomic E-state index is -0.0446. The molecule has 9 nitrogen and oxygen atoms in total. The summed E-state index contributed by atoms with van der Waals surface area (Å²) in [6.45, 7) is 8.91. The second-order valence-electron chi connectivity index (χ2n) is 9.38. The molecule has 0 saturated carbocycles. The predicted octanol–water partition coefficient (Wildman–Crippen LogP) is 2.40. The van der Waals surface area contributed by atoms with Gasteiger partial charge >= 0.3 is 0 Å². The molecule has 1 aliphatic heterocycles. The Kier molecular flexibility index (Phi) is 7.80. The molecule has 2 aromatic heterocycles. The number of nitrogens with one attached hydrogen (secondary N) is 1. The molecule has 0 bridgehead atoms. The van der Waals surface area contributed by atoms with Gasteiger partial charge in [0.2, 0.25) is 0 Å². The summed E-state index contributed by atoms with van der Waals surface area (Å²) in [7, 11) is 0. The van der Waals surface area contributed by atoms with Crippen LogP contribution in [0.2, 0.25) is 0 Å². The maximum absolute atomic E-state index is 13.0. The summed E-state index contributed by atoms with van der Waals surface area (Å²) < 4.78 is 7.38. The molecule has 0 aliphatic carbocycles. The van der Waals surface area contributed by atoms with Crippen molar-refractivity contribution >= 4 is 10.9 Å². The lowest BCUT2D eigenvalue weighted by Crippen LogP contribution is -2.41. The van der Waals surface area contributed by atoms with Gasteiger partial charge in [-0.15, -0.1) is 5.10 Å². The minimum Gasteiger partial charge on any atom is -0.379 e. The monoisotopic (exact) mass is 487 g/mol. The summed E-state index contributed by atoms with van der Waals surface area (Å²) in [6, 6.07) is 18.5. The van der Waals surface area contributed by atoms with Gasteiger partial charge in [0.1, 0.15) is 0 Å². The van der Waals surface area contributed by atoms with Crippen LogP contribution >= 0.6 is 0 Å². The number of morpholine rings is 1. The molecule has 9 heteroatoms. The van der Waals surface area contributed by atoms with E-state index in [1.807, 2.05) is 54.1 Å². The van der Waals surface area contributed by atoms with E-state index in [2.05, 4.69) is 42.4 Å². The lowest BCUT2D eigenvalue weighted by atomic mass is 10.1. The zero-order chi connectivity index (χ0) is 24.7. The smallest absolute Gasteiger partial charge is 0.252 e. The molecule has 0 spiro atoms. The molecule has 188 valence electrons. The number of hydrogen-bond donors (Lipinski definition) is 1. The van der Waals surface area contributed by atoms with Crippen LogP contribution in [0.15, 0.2) is 59.4 Å². The first-order valence-corrected chi connectivity index (χ1v) is 12.6. The van der Waals surface area contributed by atoms with Crippen LogP contribution < -0.4 is 5.56 Å². The number of H-pyrrole nitrogens is 1. The molecule has 0 radical (unpaired) electrons. The van der Waals surface area contributed by atoms with Crippen molar-refractivity contribution < 1.29 is 4.74 Å². The molecule has 0 atom stereocenters. The summed E-state index contributed by atoms with van der Waals surface area (Å²) >= 11 is 0. The van der Waals surface area contributed by atoms with Crippen molar-refractivity contribution in [3.05, 3.63) is 87.5 Å². The second kappa shape index (κ2) is 11.6. The van der Waals surface area contributed by atoms with E-state index in [-0.39, 0.29) is 5.56 Å². The normalized spacial score (nSPS) is 14.6. The zero-order valence-electron chi connectivity index (χ0n) is 20.8. The van der Waals surface area contributed by atoms with Crippen LogP contribution in [0.5, 0.6) is 0 Å². The van der Waals surface area contributed by atoms with Gasteiger partial charge < -0.3 is 9.72 Å². The molecule has 1 N–H and O–H groups in total. The first-order valence-electron chi connectivity index (χ1n) is 12.6. The average molecular weight is 488 g/mol. The van der Waals surface area contributed by atoms with Gasteiger partial charge in [-0.1, -0.05) is 48.5 Å². The molecule has 4 aromatic rings. The highest BCUT2D eigenvalue weighted by Crippen LogP contribution is 2.16. The molecular weight excluding hydrogens is 454 g/mol. The van der Waals surface area contributed by atoms with E-state index < -0.39 is 0 Å². The number of fused-ring (bicyclic) bond motifs is 1. The number of aryl methyl sites for hydroxylation is 3. The molecule has 3 heterocycles. The SMILES string of the molecule is Cc1cccc2cc(CN(CCN3CCOCC3)Cc3nnnn3CCc3ccccc3)c(=O)[nH]c12. The molecule has 0 unspecified atom stereocenters. The lowest BCUT2D eigenvalue weighted by Gasteiger charge is -2.29. The maximum atomic E-state index is 13.0. The highest BCUT2D eigenvalue weighted by atomic mass is 16.5. The average Bonchev–Trinajstić information content (AvgIpc) is 3.35. The number of benzene rings is 2. The van der Waals surface area contributed by atoms with Gasteiger partial charge in [0, 0.05) is 44.8 Å². The van der Waals surface area contributed by atoms with Crippen molar-refractivity contribution in [3.63, 3.8) is 0 Å². The van der Waals surface area contributed by atoms with Crippen LogP contribution in [-0.4, -0.2) is 74.4 Å². The molecule has 1 saturated heterocycles. The van der Waals surface area contributed by atoms with Crippen molar-refractivity contribution in [2.75, 3.05) is 39.4 Å². The highest BCUT2D eigenvalue weighted by Gasteiger charge is 2.18. The third-order valence-electron chi connectivity index (χ3n) is 6.82. The van der Waals surface area contributed by atoms with E-state index in [0.717, 1.165) is 73.7 Å². The lowest BCUT2D eigenvalue weighted by molar-refractivity contribution is 0.0322. The first-order chi connectivity index (χ1) is 17.7. The molecule has 36 heavy (non-hydrogen) atoms. The van der Waals surface area contributed by atoms with Gasteiger partial charge in [-0.3, -0.25) is 14.6 Å². The van der Waals surface area contributed by atoms with Crippen LogP contribution in [-0.2, 0) is 30.8 Å². The van der Waals surface area contributed by atoms with Gasteiger partial charge in [-0.25, -0.2) is 4.68 Å². The first kappa shape index (κ1) is 24.3. The van der Waals surface area contributed by atoms with Crippen LogP contribution in [0.3, 0.4) is 0 Å². The molecule has 1 fully saturated rings. The third-order valence-corrected chi connectivity index (χ3v) is 6.82. The van der Waals surface area contributed by atoms with Gasteiger partial charge in [0.05, 0.1) is 25.3 Å². The van der Waals surface area contributed by atoms with Crippen molar-refractivity contribution in [2.24, 2.45) is 0 Å². The van der Waals surface area contributed by atoms with E-state index in [1.54, 1.807) is 0 Å². The Morgan fingerprint density at radius 2 is 1.86 bits per heavy atom. The number of aromatic nitrogens is 5. The fourth-order valence-corrected chi connectivity index (χ4v) is 4.70. The van der Waals surface area contributed by atoms with E-state index in [1.165, 1.54) is 5.56 Å². The largest absolute Gasteiger partial charge is 0.379 e. The fraction of sp³-hybridized carbons (Fsp3) is 0.407. The summed E-state index contributed by atoms with van der Waals surface area (Å²) in [4.78, 5) is 20.8. The van der Waals surface area contributed by atoms with Gasteiger partial charge in [0.15, 0.2) is 5.82 Å². The van der Waals surface area contributed by atoms with Crippen LogP contribution in [0.25, 0.3) is 10.9 Å². The van der Waals surface area contributed by atoms with E-state index in [0.29, 0.717) is 19.6 Å². The van der Waals surface area contributed by atoms with Crippen molar-refractivity contribution in [3.8, 4) is 0 Å². The maximum Gasteiger partial charge on any atom is 0.252 e. The number of para-hydroxylation sites is 1. The van der Waals surface area contributed by atoms with Crippen LogP contribution in [0, 0.1) is 6.92 Å².